The summed E-state index contributed by atoms with van der Waals surface area (Å²) in [7, 11) is 0. The molecule has 3 aromatic carbocycles. The highest BCUT2D eigenvalue weighted by molar-refractivity contribution is 6.32. The van der Waals surface area contributed by atoms with Crippen LogP contribution in [0.4, 0.5) is 4.39 Å². The molecule has 5 nitrogen and oxygen atoms in total. The highest BCUT2D eigenvalue weighted by Gasteiger charge is 2.36. The summed E-state index contributed by atoms with van der Waals surface area (Å²) in [6, 6.07) is 18.2. The molecule has 170 valence electrons. The number of hydrazone groups is 1. The molecule has 5 rings (SSSR count). The maximum atomic E-state index is 14.8. The van der Waals surface area contributed by atoms with E-state index in [2.05, 4.69) is 10.1 Å². The van der Waals surface area contributed by atoms with Crippen molar-refractivity contribution in [3.8, 4) is 11.1 Å². The van der Waals surface area contributed by atoms with Crippen LogP contribution >= 0.6 is 23.2 Å². The van der Waals surface area contributed by atoms with Gasteiger partial charge in [-0.25, -0.2) is 9.40 Å². The molecule has 0 bridgehead atoms. The van der Waals surface area contributed by atoms with Gasteiger partial charge in [0.25, 0.3) is 5.56 Å². The second kappa shape index (κ2) is 8.70. The van der Waals surface area contributed by atoms with Gasteiger partial charge in [-0.2, -0.15) is 5.10 Å². The fourth-order valence-electron chi connectivity index (χ4n) is 4.45. The number of H-pyrrole nitrogens is 1. The number of hydrogen-bond donors (Lipinski definition) is 1. The van der Waals surface area contributed by atoms with Gasteiger partial charge in [-0.15, -0.1) is 0 Å². The van der Waals surface area contributed by atoms with Crippen molar-refractivity contribution in [1.82, 2.24) is 9.99 Å². The van der Waals surface area contributed by atoms with E-state index in [1.807, 2.05) is 30.3 Å². The number of nitrogens with zero attached hydrogens (tertiary/aromatic N) is 2. The Balaban J connectivity index is 1.76. The molecule has 34 heavy (non-hydrogen) atoms. The van der Waals surface area contributed by atoms with Gasteiger partial charge in [0.15, 0.2) is 0 Å². The summed E-state index contributed by atoms with van der Waals surface area (Å²) < 4.78 is 14.8. The minimum atomic E-state index is -0.778. The second-order valence-corrected chi connectivity index (χ2v) is 8.87. The van der Waals surface area contributed by atoms with E-state index < -0.39 is 11.9 Å². The van der Waals surface area contributed by atoms with Gasteiger partial charge in [-0.1, -0.05) is 59.6 Å². The third-order valence-corrected chi connectivity index (χ3v) is 6.46. The molecule has 1 aliphatic heterocycles. The van der Waals surface area contributed by atoms with Crippen LogP contribution < -0.4 is 5.56 Å². The Hall–Kier alpha value is -3.48. The molecule has 8 heteroatoms. The van der Waals surface area contributed by atoms with Crippen LogP contribution in [0.3, 0.4) is 0 Å². The van der Waals surface area contributed by atoms with Crippen molar-refractivity contribution in [2.45, 2.75) is 19.4 Å². The van der Waals surface area contributed by atoms with Crippen molar-refractivity contribution in [2.24, 2.45) is 5.10 Å². The molecule has 2 heterocycles. The molecule has 0 spiro atoms. The molecule has 4 aromatic rings. The summed E-state index contributed by atoms with van der Waals surface area (Å²) in [4.78, 5) is 28.8. The fraction of sp³-hybridized carbons (Fsp3) is 0.115. The maximum absolute atomic E-state index is 14.8. The molecule has 0 radical (unpaired) electrons. The first-order valence-electron chi connectivity index (χ1n) is 10.6. The van der Waals surface area contributed by atoms with Crippen molar-refractivity contribution >= 4 is 45.7 Å². The van der Waals surface area contributed by atoms with Crippen LogP contribution in [0.25, 0.3) is 22.0 Å². The average Bonchev–Trinajstić information content (AvgIpc) is 3.24. The number of benzene rings is 3. The van der Waals surface area contributed by atoms with Crippen molar-refractivity contribution in [3.05, 3.63) is 104 Å². The maximum Gasteiger partial charge on any atom is 0.258 e. The van der Waals surface area contributed by atoms with Gasteiger partial charge < -0.3 is 4.98 Å². The molecule has 1 unspecified atom stereocenters. The predicted octanol–water partition coefficient (Wildman–Crippen LogP) is 6.34. The number of aromatic nitrogens is 1. The van der Waals surface area contributed by atoms with Crippen molar-refractivity contribution in [2.75, 3.05) is 0 Å². The Bertz CT molecular complexity index is 1510. The normalized spacial score (nSPS) is 15.6. The lowest BCUT2D eigenvalue weighted by molar-refractivity contribution is -0.130. The van der Waals surface area contributed by atoms with Crippen LogP contribution in [0.1, 0.15) is 30.5 Å². The van der Waals surface area contributed by atoms with Crippen LogP contribution in [0.5, 0.6) is 0 Å². The van der Waals surface area contributed by atoms with E-state index in [1.165, 1.54) is 24.1 Å². The first kappa shape index (κ1) is 22.3. The number of rotatable bonds is 3. The number of halogens is 3. The zero-order chi connectivity index (χ0) is 24.0. The Morgan fingerprint density at radius 2 is 1.82 bits per heavy atom. The minimum Gasteiger partial charge on any atom is -0.321 e. The van der Waals surface area contributed by atoms with Gasteiger partial charge in [-0.3, -0.25) is 9.59 Å². The second-order valence-electron chi connectivity index (χ2n) is 8.03. The van der Waals surface area contributed by atoms with Crippen molar-refractivity contribution in [1.29, 1.82) is 0 Å². The van der Waals surface area contributed by atoms with E-state index in [4.69, 9.17) is 23.2 Å². The Labute approximate surface area is 204 Å². The van der Waals surface area contributed by atoms with E-state index in [9.17, 15) is 14.0 Å². The van der Waals surface area contributed by atoms with Gasteiger partial charge in [0.1, 0.15) is 5.82 Å². The molecule has 1 N–H and O–H groups in total. The lowest BCUT2D eigenvalue weighted by Crippen LogP contribution is -2.25. The van der Waals surface area contributed by atoms with Gasteiger partial charge in [0.05, 0.1) is 17.3 Å². The summed E-state index contributed by atoms with van der Waals surface area (Å²) >= 11 is 12.6. The van der Waals surface area contributed by atoms with E-state index in [0.717, 1.165) is 10.9 Å². The summed E-state index contributed by atoms with van der Waals surface area (Å²) in [5, 5.41) is 7.12. The molecule has 0 aliphatic carbocycles. The molecule has 1 aliphatic rings. The van der Waals surface area contributed by atoms with E-state index in [0.29, 0.717) is 27.4 Å². The third kappa shape index (κ3) is 3.79. The topological polar surface area (TPSA) is 65.5 Å². The summed E-state index contributed by atoms with van der Waals surface area (Å²) in [5.74, 6) is -0.927. The molecule has 0 fully saturated rings. The summed E-state index contributed by atoms with van der Waals surface area (Å²) in [6.07, 6.45) is 0.120. The van der Waals surface area contributed by atoms with Gasteiger partial charge >= 0.3 is 0 Å². The van der Waals surface area contributed by atoms with Crippen LogP contribution in [0.2, 0.25) is 10.0 Å². The molecule has 1 aromatic heterocycles. The lowest BCUT2D eigenvalue weighted by Gasteiger charge is -2.21. The lowest BCUT2D eigenvalue weighted by atomic mass is 9.91. The van der Waals surface area contributed by atoms with E-state index >= 15 is 0 Å². The van der Waals surface area contributed by atoms with Crippen LogP contribution in [0.15, 0.2) is 76.6 Å². The summed E-state index contributed by atoms with van der Waals surface area (Å²) in [5.41, 5.74) is 2.52. The monoisotopic (exact) mass is 493 g/mol. The third-order valence-electron chi connectivity index (χ3n) is 5.89. The fourth-order valence-corrected chi connectivity index (χ4v) is 4.91. The standard InChI is InChI=1S/C26H18Cl2FN3O2/c1-14(33)32-22(24-18(28)8-5-9-19(24)29)13-21(31-32)25-23(15-6-3-2-4-7-15)17-12-16(27)10-11-20(17)30-26(25)34/h2-12,22H,13H2,1H3,(H,30,34). The zero-order valence-electron chi connectivity index (χ0n) is 18.0. The molecule has 0 saturated heterocycles. The highest BCUT2D eigenvalue weighted by Crippen LogP contribution is 2.40. The first-order chi connectivity index (χ1) is 16.3. The van der Waals surface area contributed by atoms with E-state index in [-0.39, 0.29) is 28.5 Å². The van der Waals surface area contributed by atoms with Gasteiger partial charge in [0.2, 0.25) is 5.91 Å². The molecular formula is C26H18Cl2FN3O2. The number of nitrogens with one attached hydrogen (secondary N) is 1. The number of pyridine rings is 1. The van der Waals surface area contributed by atoms with E-state index in [1.54, 1.807) is 24.3 Å². The van der Waals surface area contributed by atoms with Gasteiger partial charge in [0, 0.05) is 45.4 Å². The number of fused-ring (bicyclic) bond motifs is 1. The van der Waals surface area contributed by atoms with Crippen LogP contribution in [0, 0.1) is 5.82 Å². The largest absolute Gasteiger partial charge is 0.321 e. The number of carbonyl (C=O) groups excluding carboxylic acids is 1. The number of hydrogen-bond acceptors (Lipinski definition) is 3. The van der Waals surface area contributed by atoms with Crippen LogP contribution in [-0.2, 0) is 4.79 Å². The van der Waals surface area contributed by atoms with Crippen molar-refractivity contribution in [3.63, 3.8) is 0 Å². The number of amides is 1. The first-order valence-corrected chi connectivity index (χ1v) is 11.3. The smallest absolute Gasteiger partial charge is 0.258 e. The SMILES string of the molecule is CC(=O)N1N=C(c2c(-c3ccccc3)c3cc(Cl)ccc3[nH]c2=O)CC1c1c(F)cccc1Cl. The minimum absolute atomic E-state index is 0.120. The van der Waals surface area contributed by atoms with Crippen LogP contribution in [-0.4, -0.2) is 21.6 Å². The van der Waals surface area contributed by atoms with Gasteiger partial charge in [-0.05, 0) is 35.9 Å². The number of aromatic amines is 1. The molecule has 1 amide bonds. The summed E-state index contributed by atoms with van der Waals surface area (Å²) in [6.45, 7) is 1.34. The molecule has 1 atom stereocenters. The quantitative estimate of drug-likeness (QED) is 0.361. The Morgan fingerprint density at radius 1 is 1.06 bits per heavy atom. The zero-order valence-corrected chi connectivity index (χ0v) is 19.5. The Kier molecular flexibility index (Phi) is 5.71. The predicted molar refractivity (Wildman–Crippen MR) is 133 cm³/mol. The highest BCUT2D eigenvalue weighted by atomic mass is 35.5. The number of carbonyl (C=O) groups is 1. The van der Waals surface area contributed by atoms with Crippen molar-refractivity contribution < 1.29 is 9.18 Å². The molecular weight excluding hydrogens is 476 g/mol. The Morgan fingerprint density at radius 3 is 2.53 bits per heavy atom. The average molecular weight is 494 g/mol. The molecule has 0 saturated carbocycles.